The van der Waals surface area contributed by atoms with Gasteiger partial charge in [0, 0.05) is 36.5 Å². The van der Waals surface area contributed by atoms with E-state index in [4.69, 9.17) is 0 Å². The van der Waals surface area contributed by atoms with Gasteiger partial charge in [-0.2, -0.15) is 13.2 Å². The van der Waals surface area contributed by atoms with Gasteiger partial charge >= 0.3 is 6.18 Å². The van der Waals surface area contributed by atoms with E-state index >= 15 is 0 Å². The van der Waals surface area contributed by atoms with Gasteiger partial charge in [-0.25, -0.2) is 15.0 Å². The Morgan fingerprint density at radius 3 is 2.50 bits per heavy atom. The van der Waals surface area contributed by atoms with E-state index in [0.29, 0.717) is 11.6 Å². The fourth-order valence-electron chi connectivity index (χ4n) is 3.35. The van der Waals surface area contributed by atoms with E-state index in [9.17, 15) is 13.2 Å². The van der Waals surface area contributed by atoms with Crippen molar-refractivity contribution in [3.63, 3.8) is 0 Å². The molecule has 0 saturated heterocycles. The number of halogens is 3. The number of rotatable bonds is 5. The summed E-state index contributed by atoms with van der Waals surface area (Å²) in [6.07, 6.45) is 4.70. The molecule has 3 heterocycles. The van der Waals surface area contributed by atoms with Gasteiger partial charge in [-0.15, -0.1) is 0 Å². The van der Waals surface area contributed by atoms with Gasteiger partial charge in [-0.1, -0.05) is 31.2 Å². The molecule has 144 valence electrons. The van der Waals surface area contributed by atoms with E-state index in [0.717, 1.165) is 17.7 Å². The summed E-state index contributed by atoms with van der Waals surface area (Å²) < 4.78 is 41.6. The highest BCUT2D eigenvalue weighted by atomic mass is 19.4. The van der Waals surface area contributed by atoms with Crippen molar-refractivity contribution in [2.75, 3.05) is 0 Å². The number of alkyl halides is 3. The first-order chi connectivity index (χ1) is 13.4. The zero-order valence-corrected chi connectivity index (χ0v) is 15.1. The third-order valence-electron chi connectivity index (χ3n) is 4.60. The molecular formula is C20H18F3N5. The zero-order valence-electron chi connectivity index (χ0n) is 15.1. The predicted molar refractivity (Wildman–Crippen MR) is 98.8 cm³/mol. The van der Waals surface area contributed by atoms with Crippen molar-refractivity contribution in [1.29, 1.82) is 0 Å². The number of nitrogens with zero attached hydrogens (tertiary/aromatic N) is 5. The molecule has 1 unspecified atom stereocenters. The Bertz CT molecular complexity index is 1050. The van der Waals surface area contributed by atoms with E-state index in [-0.39, 0.29) is 11.6 Å². The van der Waals surface area contributed by atoms with Gasteiger partial charge in [0.1, 0.15) is 5.82 Å². The van der Waals surface area contributed by atoms with Crippen LogP contribution in [0.15, 0.2) is 61.3 Å². The van der Waals surface area contributed by atoms with Crippen molar-refractivity contribution in [1.82, 2.24) is 23.9 Å². The summed E-state index contributed by atoms with van der Waals surface area (Å²) in [7, 11) is 0. The van der Waals surface area contributed by atoms with Crippen molar-refractivity contribution in [3.8, 4) is 11.4 Å². The third-order valence-corrected chi connectivity index (χ3v) is 4.60. The second-order valence-corrected chi connectivity index (χ2v) is 6.56. The topological polar surface area (TPSA) is 48.0 Å². The number of benzene rings is 1. The largest absolute Gasteiger partial charge is 0.393 e. The molecule has 0 aliphatic carbocycles. The first-order valence-electron chi connectivity index (χ1n) is 8.93. The summed E-state index contributed by atoms with van der Waals surface area (Å²) in [5.74, 6) is 1.31. The minimum Gasteiger partial charge on any atom is -0.322 e. The number of fused-ring (bicyclic) bond motifs is 1. The molecule has 0 N–H and O–H groups in total. The number of hydrogen-bond donors (Lipinski definition) is 0. The van der Waals surface area contributed by atoms with Gasteiger partial charge in [0.15, 0.2) is 0 Å². The van der Waals surface area contributed by atoms with Crippen molar-refractivity contribution in [3.05, 3.63) is 72.6 Å². The first kappa shape index (κ1) is 18.2. The summed E-state index contributed by atoms with van der Waals surface area (Å²) in [5, 5.41) is 0. The third kappa shape index (κ3) is 3.62. The Morgan fingerprint density at radius 2 is 1.82 bits per heavy atom. The van der Waals surface area contributed by atoms with E-state index in [1.54, 1.807) is 24.5 Å². The molecule has 0 spiro atoms. The van der Waals surface area contributed by atoms with Gasteiger partial charge in [0.05, 0.1) is 18.2 Å². The zero-order chi connectivity index (χ0) is 19.7. The summed E-state index contributed by atoms with van der Waals surface area (Å²) in [6, 6.07) is 8.13. The van der Waals surface area contributed by atoms with Crippen molar-refractivity contribution in [2.45, 2.75) is 32.0 Å². The molecule has 0 radical (unpaired) electrons. The SMILES string of the molecule is CCC(c1cn2cccnc2n1)n1ccnc1-c1ccc(CC(F)(F)F)cc1. The number of imidazole rings is 2. The minimum atomic E-state index is -4.22. The van der Waals surface area contributed by atoms with Gasteiger partial charge < -0.3 is 4.57 Å². The molecule has 0 bridgehead atoms. The van der Waals surface area contributed by atoms with Gasteiger partial charge in [-0.3, -0.25) is 4.40 Å². The van der Waals surface area contributed by atoms with E-state index in [1.807, 2.05) is 33.6 Å². The Morgan fingerprint density at radius 1 is 1.04 bits per heavy atom. The maximum atomic E-state index is 12.6. The van der Waals surface area contributed by atoms with Crippen LogP contribution in [0.25, 0.3) is 17.2 Å². The van der Waals surface area contributed by atoms with Crippen LogP contribution >= 0.6 is 0 Å². The monoisotopic (exact) mass is 385 g/mol. The van der Waals surface area contributed by atoms with Crippen LogP contribution < -0.4 is 0 Å². The Hall–Kier alpha value is -3.16. The van der Waals surface area contributed by atoms with Crippen LogP contribution in [0.1, 0.15) is 30.6 Å². The molecule has 1 atom stereocenters. The second-order valence-electron chi connectivity index (χ2n) is 6.56. The highest BCUT2D eigenvalue weighted by Gasteiger charge is 2.27. The first-order valence-corrected chi connectivity index (χ1v) is 8.93. The van der Waals surface area contributed by atoms with Crippen LogP contribution in [0, 0.1) is 0 Å². The normalized spacial score (nSPS) is 13.1. The lowest BCUT2D eigenvalue weighted by atomic mass is 10.1. The molecule has 0 fully saturated rings. The van der Waals surface area contributed by atoms with Crippen LogP contribution in [0.5, 0.6) is 0 Å². The maximum absolute atomic E-state index is 12.6. The quantitative estimate of drug-likeness (QED) is 0.500. The lowest BCUT2D eigenvalue weighted by Gasteiger charge is -2.17. The molecule has 0 saturated carbocycles. The fourth-order valence-corrected chi connectivity index (χ4v) is 3.35. The standard InChI is InChI=1S/C20H18F3N5/c1-2-17(16-13-27-10-3-8-25-19(27)26-16)28-11-9-24-18(28)15-6-4-14(5-7-15)12-20(21,22)23/h3-11,13,17H,2,12H2,1H3. The van der Waals surface area contributed by atoms with E-state index in [2.05, 4.69) is 21.9 Å². The summed E-state index contributed by atoms with van der Waals surface area (Å²) in [5.41, 5.74) is 1.85. The van der Waals surface area contributed by atoms with Crippen LogP contribution in [0.4, 0.5) is 13.2 Å². The summed E-state index contributed by atoms with van der Waals surface area (Å²) in [6.45, 7) is 2.05. The minimum absolute atomic E-state index is 0.0611. The van der Waals surface area contributed by atoms with E-state index < -0.39 is 12.6 Å². The lowest BCUT2D eigenvalue weighted by molar-refractivity contribution is -0.127. The van der Waals surface area contributed by atoms with Gasteiger partial charge in [-0.05, 0) is 18.1 Å². The van der Waals surface area contributed by atoms with Crippen molar-refractivity contribution < 1.29 is 13.2 Å². The van der Waals surface area contributed by atoms with Crippen LogP contribution in [0.2, 0.25) is 0 Å². The summed E-state index contributed by atoms with van der Waals surface area (Å²) >= 11 is 0. The Kier molecular flexibility index (Phi) is 4.62. The number of hydrogen-bond acceptors (Lipinski definition) is 3. The van der Waals surface area contributed by atoms with Gasteiger partial charge in [0.25, 0.3) is 0 Å². The van der Waals surface area contributed by atoms with Crippen LogP contribution in [-0.2, 0) is 6.42 Å². The van der Waals surface area contributed by atoms with E-state index in [1.165, 1.54) is 12.1 Å². The predicted octanol–water partition coefficient (Wildman–Crippen LogP) is 4.70. The van der Waals surface area contributed by atoms with Crippen LogP contribution in [0.3, 0.4) is 0 Å². The lowest BCUT2D eigenvalue weighted by Crippen LogP contribution is -2.12. The smallest absolute Gasteiger partial charge is 0.322 e. The van der Waals surface area contributed by atoms with Gasteiger partial charge in [0.2, 0.25) is 5.78 Å². The molecule has 1 aromatic carbocycles. The number of aromatic nitrogens is 5. The summed E-state index contributed by atoms with van der Waals surface area (Å²) in [4.78, 5) is 13.3. The van der Waals surface area contributed by atoms with Crippen LogP contribution in [-0.4, -0.2) is 30.1 Å². The molecule has 0 aliphatic heterocycles. The average Bonchev–Trinajstić information content (AvgIpc) is 3.29. The van der Waals surface area contributed by atoms with Crippen molar-refractivity contribution >= 4 is 5.78 Å². The second kappa shape index (κ2) is 7.10. The molecule has 4 rings (SSSR count). The molecule has 8 heteroatoms. The molecule has 28 heavy (non-hydrogen) atoms. The highest BCUT2D eigenvalue weighted by molar-refractivity contribution is 5.56. The molecule has 4 aromatic rings. The molecule has 3 aromatic heterocycles. The molecule has 5 nitrogen and oxygen atoms in total. The maximum Gasteiger partial charge on any atom is 0.393 e. The Balaban J connectivity index is 1.67. The Labute approximate surface area is 159 Å². The highest BCUT2D eigenvalue weighted by Crippen LogP contribution is 2.29. The van der Waals surface area contributed by atoms with Crippen molar-refractivity contribution in [2.24, 2.45) is 0 Å². The molecule has 0 amide bonds. The molecular weight excluding hydrogens is 367 g/mol. The fraction of sp³-hybridized carbons (Fsp3) is 0.250. The average molecular weight is 385 g/mol. The molecule has 0 aliphatic rings.